The van der Waals surface area contributed by atoms with Crippen molar-refractivity contribution in [3.8, 4) is 0 Å². The molecule has 0 aliphatic rings. The van der Waals surface area contributed by atoms with E-state index in [9.17, 15) is 14.0 Å². The molecule has 0 saturated heterocycles. The van der Waals surface area contributed by atoms with Gasteiger partial charge in [0, 0.05) is 10.0 Å². The Labute approximate surface area is 89.2 Å². The highest BCUT2D eigenvalue weighted by Gasteiger charge is 2.24. The van der Waals surface area contributed by atoms with Crippen molar-refractivity contribution >= 4 is 27.5 Å². The van der Waals surface area contributed by atoms with E-state index in [0.29, 0.717) is 4.47 Å². The summed E-state index contributed by atoms with van der Waals surface area (Å²) < 4.78 is 13.6. The van der Waals surface area contributed by atoms with Gasteiger partial charge in [-0.05, 0) is 13.0 Å². The fourth-order valence-corrected chi connectivity index (χ4v) is 1.46. The van der Waals surface area contributed by atoms with Crippen LogP contribution in [0.4, 0.5) is 4.39 Å². The van der Waals surface area contributed by atoms with Crippen LogP contribution in [-0.2, 0) is 4.79 Å². The summed E-state index contributed by atoms with van der Waals surface area (Å²) in [6, 6.07) is 6.43. The Morgan fingerprint density at radius 3 is 2.43 bits per heavy atom. The van der Waals surface area contributed by atoms with Crippen molar-refractivity contribution in [3.63, 3.8) is 0 Å². The highest BCUT2D eigenvalue weighted by Crippen LogP contribution is 2.18. The van der Waals surface area contributed by atoms with Gasteiger partial charge in [-0.25, -0.2) is 4.39 Å². The molecule has 0 aromatic heterocycles. The summed E-state index contributed by atoms with van der Waals surface area (Å²) in [6.07, 6.45) is -2.06. The van der Waals surface area contributed by atoms with Gasteiger partial charge in [0.25, 0.3) is 0 Å². The fourth-order valence-electron chi connectivity index (χ4n) is 0.982. The number of hydrogen-bond acceptors (Lipinski definition) is 2. The highest BCUT2D eigenvalue weighted by molar-refractivity contribution is 9.10. The van der Waals surface area contributed by atoms with Gasteiger partial charge in [0.15, 0.2) is 5.78 Å². The van der Waals surface area contributed by atoms with Gasteiger partial charge in [-0.1, -0.05) is 34.1 Å². The Morgan fingerprint density at radius 2 is 1.93 bits per heavy atom. The number of ketones is 2. The lowest BCUT2D eigenvalue weighted by molar-refractivity contribution is -0.120. The van der Waals surface area contributed by atoms with Gasteiger partial charge in [-0.2, -0.15) is 0 Å². The normalized spacial score (nSPS) is 12.2. The van der Waals surface area contributed by atoms with Crippen LogP contribution in [0.15, 0.2) is 28.7 Å². The lowest BCUT2D eigenvalue weighted by atomic mass is 10.1. The van der Waals surface area contributed by atoms with Crippen molar-refractivity contribution in [1.29, 1.82) is 0 Å². The third-order valence-electron chi connectivity index (χ3n) is 1.73. The average molecular weight is 259 g/mol. The van der Waals surface area contributed by atoms with Crippen LogP contribution < -0.4 is 0 Å². The molecular formula is C10H8BrFO2. The molecular weight excluding hydrogens is 251 g/mol. The van der Waals surface area contributed by atoms with Crippen LogP contribution >= 0.6 is 15.9 Å². The first-order valence-corrected chi connectivity index (χ1v) is 4.76. The fraction of sp³-hybridized carbons (Fsp3) is 0.200. The van der Waals surface area contributed by atoms with Gasteiger partial charge in [0.2, 0.25) is 12.0 Å². The van der Waals surface area contributed by atoms with Crippen LogP contribution in [0.5, 0.6) is 0 Å². The van der Waals surface area contributed by atoms with Gasteiger partial charge >= 0.3 is 0 Å². The number of rotatable bonds is 3. The largest absolute Gasteiger partial charge is 0.296 e. The molecule has 14 heavy (non-hydrogen) atoms. The van der Waals surface area contributed by atoms with Crippen LogP contribution in [0, 0.1) is 0 Å². The highest BCUT2D eigenvalue weighted by atomic mass is 79.9. The van der Waals surface area contributed by atoms with Crippen LogP contribution in [0.3, 0.4) is 0 Å². The van der Waals surface area contributed by atoms with E-state index in [2.05, 4.69) is 15.9 Å². The van der Waals surface area contributed by atoms with E-state index in [1.807, 2.05) is 0 Å². The second-order valence-electron chi connectivity index (χ2n) is 2.82. The maximum absolute atomic E-state index is 13.1. The molecule has 0 radical (unpaired) electrons. The van der Waals surface area contributed by atoms with E-state index in [-0.39, 0.29) is 5.56 Å². The Morgan fingerprint density at radius 1 is 1.36 bits per heavy atom. The summed E-state index contributed by atoms with van der Waals surface area (Å²) in [5.41, 5.74) is 0.190. The summed E-state index contributed by atoms with van der Waals surface area (Å²) in [7, 11) is 0. The molecule has 0 aliphatic heterocycles. The molecule has 4 heteroatoms. The maximum atomic E-state index is 13.1. The van der Waals surface area contributed by atoms with Gasteiger partial charge in [0.05, 0.1) is 0 Å². The van der Waals surface area contributed by atoms with E-state index in [1.165, 1.54) is 6.07 Å². The van der Waals surface area contributed by atoms with Gasteiger partial charge < -0.3 is 0 Å². The topological polar surface area (TPSA) is 34.1 Å². The minimum atomic E-state index is -2.06. The molecule has 0 bridgehead atoms. The van der Waals surface area contributed by atoms with Crippen molar-refractivity contribution in [2.24, 2.45) is 0 Å². The molecule has 1 aromatic rings. The summed E-state index contributed by atoms with van der Waals surface area (Å²) in [4.78, 5) is 22.0. The Bertz CT molecular complexity index is 376. The Balaban J connectivity index is 3.01. The molecule has 1 aromatic carbocycles. The van der Waals surface area contributed by atoms with Gasteiger partial charge in [-0.15, -0.1) is 0 Å². The second-order valence-corrected chi connectivity index (χ2v) is 3.67. The minimum absolute atomic E-state index is 0.190. The van der Waals surface area contributed by atoms with Crippen LogP contribution in [0.1, 0.15) is 17.3 Å². The number of alkyl halides is 1. The molecule has 74 valence electrons. The molecule has 0 N–H and O–H groups in total. The van der Waals surface area contributed by atoms with Crippen molar-refractivity contribution in [3.05, 3.63) is 34.3 Å². The number of hydrogen-bond donors (Lipinski definition) is 0. The number of Topliss-reactive ketones (excluding diaryl/α,β-unsaturated/α-hetero) is 2. The third-order valence-corrected chi connectivity index (χ3v) is 2.42. The molecule has 0 spiro atoms. The van der Waals surface area contributed by atoms with Crippen LogP contribution in [-0.4, -0.2) is 17.7 Å². The third kappa shape index (κ3) is 2.26. The number of carbonyl (C=O) groups excluding carboxylic acids is 2. The molecule has 0 heterocycles. The Kier molecular flexibility index (Phi) is 3.52. The van der Waals surface area contributed by atoms with Gasteiger partial charge in [0.1, 0.15) is 0 Å². The van der Waals surface area contributed by atoms with E-state index in [4.69, 9.17) is 0 Å². The molecule has 1 atom stereocenters. The molecule has 2 nitrogen and oxygen atoms in total. The zero-order valence-electron chi connectivity index (χ0n) is 7.46. The first-order chi connectivity index (χ1) is 6.54. The van der Waals surface area contributed by atoms with Crippen molar-refractivity contribution in [1.82, 2.24) is 0 Å². The molecule has 1 rings (SSSR count). The SMILES string of the molecule is CC(=O)C(F)C(=O)c1ccccc1Br. The number of benzene rings is 1. The minimum Gasteiger partial charge on any atom is -0.296 e. The number of halogens is 2. The van der Waals surface area contributed by atoms with Crippen molar-refractivity contribution < 1.29 is 14.0 Å². The van der Waals surface area contributed by atoms with E-state index >= 15 is 0 Å². The predicted molar refractivity (Wildman–Crippen MR) is 54.0 cm³/mol. The average Bonchev–Trinajstić information content (AvgIpc) is 2.16. The number of carbonyl (C=O) groups is 2. The van der Waals surface area contributed by atoms with E-state index in [0.717, 1.165) is 6.92 Å². The zero-order chi connectivity index (χ0) is 10.7. The summed E-state index contributed by atoms with van der Waals surface area (Å²) in [5.74, 6) is -1.57. The quantitative estimate of drug-likeness (QED) is 0.617. The lowest BCUT2D eigenvalue weighted by Gasteiger charge is -2.04. The molecule has 1 unspecified atom stereocenters. The van der Waals surface area contributed by atoms with Crippen LogP contribution in [0.25, 0.3) is 0 Å². The predicted octanol–water partition coefficient (Wildman–Crippen LogP) is 2.56. The summed E-state index contributed by atoms with van der Waals surface area (Å²) in [6.45, 7) is 1.05. The summed E-state index contributed by atoms with van der Waals surface area (Å²) >= 11 is 3.12. The van der Waals surface area contributed by atoms with E-state index < -0.39 is 17.7 Å². The van der Waals surface area contributed by atoms with Crippen LogP contribution in [0.2, 0.25) is 0 Å². The first-order valence-electron chi connectivity index (χ1n) is 3.97. The van der Waals surface area contributed by atoms with Crippen molar-refractivity contribution in [2.45, 2.75) is 13.1 Å². The molecule has 0 fully saturated rings. The Hall–Kier alpha value is -1.03. The van der Waals surface area contributed by atoms with Crippen molar-refractivity contribution in [2.75, 3.05) is 0 Å². The monoisotopic (exact) mass is 258 g/mol. The summed E-state index contributed by atoms with van der Waals surface area (Å²) in [5, 5.41) is 0. The first kappa shape index (κ1) is 11.0. The smallest absolute Gasteiger partial charge is 0.220 e. The maximum Gasteiger partial charge on any atom is 0.220 e. The standard InChI is InChI=1S/C10H8BrFO2/c1-6(13)9(12)10(14)7-4-2-3-5-8(7)11/h2-5,9H,1H3. The van der Waals surface area contributed by atoms with Gasteiger partial charge in [-0.3, -0.25) is 9.59 Å². The molecule has 0 amide bonds. The zero-order valence-corrected chi connectivity index (χ0v) is 9.05. The molecule has 0 saturated carbocycles. The van der Waals surface area contributed by atoms with E-state index in [1.54, 1.807) is 18.2 Å². The second kappa shape index (κ2) is 4.46. The lowest BCUT2D eigenvalue weighted by Crippen LogP contribution is -2.23. The molecule has 0 aliphatic carbocycles.